The fourth-order valence-electron chi connectivity index (χ4n) is 1.16. The number of nitrogens with zero attached hydrogens (tertiary/aromatic N) is 1. The lowest BCUT2D eigenvalue weighted by Crippen LogP contribution is -1.86. The molecule has 0 amide bonds. The van der Waals surface area contributed by atoms with E-state index in [0.717, 1.165) is 20.4 Å². The monoisotopic (exact) mass is 298 g/mol. The summed E-state index contributed by atoms with van der Waals surface area (Å²) in [5.74, 6) is -0.459. The van der Waals surface area contributed by atoms with Crippen molar-refractivity contribution in [1.82, 2.24) is 9.97 Å². The molecule has 82 valence electrons. The van der Waals surface area contributed by atoms with Gasteiger partial charge in [0.25, 0.3) is 0 Å². The van der Waals surface area contributed by atoms with Gasteiger partial charge in [0, 0.05) is 6.08 Å². The second kappa shape index (κ2) is 4.63. The van der Waals surface area contributed by atoms with Crippen molar-refractivity contribution >= 4 is 39.3 Å². The number of aromatic nitrogens is 2. The number of carbonyl (C=O) groups is 1. The number of imidazole rings is 1. The van der Waals surface area contributed by atoms with Crippen molar-refractivity contribution in [2.75, 3.05) is 0 Å². The van der Waals surface area contributed by atoms with Gasteiger partial charge in [-0.1, -0.05) is 0 Å². The van der Waals surface area contributed by atoms with Crippen molar-refractivity contribution < 1.29 is 9.90 Å². The maximum absolute atomic E-state index is 10.3. The highest BCUT2D eigenvalue weighted by molar-refractivity contribution is 9.11. The number of nitrogens with one attached hydrogen (secondary N) is 1. The molecule has 0 aliphatic heterocycles. The molecule has 2 heterocycles. The van der Waals surface area contributed by atoms with Gasteiger partial charge in [-0.2, -0.15) is 0 Å². The van der Waals surface area contributed by atoms with E-state index < -0.39 is 5.97 Å². The molecule has 0 radical (unpaired) electrons. The van der Waals surface area contributed by atoms with Crippen LogP contribution in [0, 0.1) is 0 Å². The van der Waals surface area contributed by atoms with Crippen LogP contribution >= 0.6 is 27.3 Å². The van der Waals surface area contributed by atoms with E-state index in [2.05, 4.69) is 25.9 Å². The quantitative estimate of drug-likeness (QED) is 0.856. The second-order valence-electron chi connectivity index (χ2n) is 2.96. The molecular weight excluding hydrogens is 292 g/mol. The molecule has 0 aromatic carbocycles. The number of hydrogen-bond donors (Lipinski definition) is 2. The van der Waals surface area contributed by atoms with E-state index in [0.29, 0.717) is 5.82 Å². The molecule has 0 unspecified atom stereocenters. The van der Waals surface area contributed by atoms with E-state index in [1.807, 2.05) is 12.1 Å². The summed E-state index contributed by atoms with van der Waals surface area (Å²) in [5, 5.41) is 8.47. The Balaban J connectivity index is 2.23. The summed E-state index contributed by atoms with van der Waals surface area (Å²) < 4.78 is 1.04. The van der Waals surface area contributed by atoms with Crippen LogP contribution in [0.25, 0.3) is 16.6 Å². The summed E-state index contributed by atoms with van der Waals surface area (Å²) in [6, 6.07) is 3.92. The smallest absolute Gasteiger partial charge is 0.328 e. The lowest BCUT2D eigenvalue weighted by atomic mass is 10.4. The zero-order valence-corrected chi connectivity index (χ0v) is 10.4. The van der Waals surface area contributed by atoms with Crippen LogP contribution in [0.4, 0.5) is 0 Å². The fraction of sp³-hybridized carbons (Fsp3) is 0. The molecule has 0 atom stereocenters. The molecule has 6 heteroatoms. The Bertz CT molecular complexity index is 545. The van der Waals surface area contributed by atoms with Crippen LogP contribution in [0.3, 0.4) is 0 Å². The predicted octanol–water partition coefficient (Wildman–Crippen LogP) is 3.00. The molecule has 0 fully saturated rings. The zero-order chi connectivity index (χ0) is 11.5. The molecule has 0 aliphatic carbocycles. The van der Waals surface area contributed by atoms with Crippen molar-refractivity contribution in [1.29, 1.82) is 0 Å². The second-order valence-corrected chi connectivity index (χ2v) is 5.42. The fourth-order valence-corrected chi connectivity index (χ4v) is 2.51. The number of hydrogen-bond acceptors (Lipinski definition) is 3. The lowest BCUT2D eigenvalue weighted by molar-refractivity contribution is -0.131. The Morgan fingerprint density at radius 1 is 1.56 bits per heavy atom. The van der Waals surface area contributed by atoms with Crippen molar-refractivity contribution in [3.8, 4) is 10.6 Å². The molecule has 0 saturated heterocycles. The first-order valence-corrected chi connectivity index (χ1v) is 5.98. The molecule has 2 aromatic heterocycles. The standard InChI is InChI=1S/C10H7BrN2O2S/c11-8-2-1-7(16-8)6-5-12-9(13-6)3-4-10(14)15/h1-5H,(H,12,13)(H,14,15)/b4-3+. The minimum absolute atomic E-state index is 0.530. The molecule has 2 aromatic rings. The van der Waals surface area contributed by atoms with Gasteiger partial charge in [-0.3, -0.25) is 0 Å². The highest BCUT2D eigenvalue weighted by Crippen LogP contribution is 2.30. The van der Waals surface area contributed by atoms with Crippen molar-refractivity contribution in [2.45, 2.75) is 0 Å². The number of carboxylic acid groups (broad SMARTS) is 1. The van der Waals surface area contributed by atoms with Crippen LogP contribution in [0.5, 0.6) is 0 Å². The van der Waals surface area contributed by atoms with Gasteiger partial charge in [-0.05, 0) is 34.1 Å². The molecule has 0 spiro atoms. The minimum atomic E-state index is -0.989. The Morgan fingerprint density at radius 2 is 2.38 bits per heavy atom. The van der Waals surface area contributed by atoms with Gasteiger partial charge in [0.05, 0.1) is 20.6 Å². The topological polar surface area (TPSA) is 66.0 Å². The van der Waals surface area contributed by atoms with Gasteiger partial charge in [0.2, 0.25) is 0 Å². The zero-order valence-electron chi connectivity index (χ0n) is 7.98. The first-order chi connectivity index (χ1) is 7.65. The van der Waals surface area contributed by atoms with E-state index in [4.69, 9.17) is 5.11 Å². The van der Waals surface area contributed by atoms with Crippen molar-refractivity contribution in [2.24, 2.45) is 0 Å². The number of aromatic amines is 1. The van der Waals surface area contributed by atoms with Crippen molar-refractivity contribution in [3.63, 3.8) is 0 Å². The normalized spacial score (nSPS) is 11.1. The van der Waals surface area contributed by atoms with Gasteiger partial charge < -0.3 is 10.1 Å². The summed E-state index contributed by atoms with van der Waals surface area (Å²) in [4.78, 5) is 18.5. The number of thiophene rings is 1. The molecule has 0 aliphatic rings. The predicted molar refractivity (Wildman–Crippen MR) is 66.3 cm³/mol. The Labute approximate surface area is 104 Å². The van der Waals surface area contributed by atoms with Gasteiger partial charge in [0.1, 0.15) is 5.82 Å². The summed E-state index contributed by atoms with van der Waals surface area (Å²) in [7, 11) is 0. The van der Waals surface area contributed by atoms with Crippen LogP contribution in [0.1, 0.15) is 5.82 Å². The number of carboxylic acids is 1. The van der Waals surface area contributed by atoms with E-state index in [1.54, 1.807) is 17.5 Å². The van der Waals surface area contributed by atoms with Gasteiger partial charge in [-0.25, -0.2) is 9.78 Å². The third-order valence-electron chi connectivity index (χ3n) is 1.82. The molecule has 16 heavy (non-hydrogen) atoms. The number of H-pyrrole nitrogens is 1. The summed E-state index contributed by atoms with van der Waals surface area (Å²) in [5.41, 5.74) is 0.876. The molecule has 2 N–H and O–H groups in total. The molecule has 0 saturated carbocycles. The van der Waals surface area contributed by atoms with E-state index in [1.165, 1.54) is 6.08 Å². The maximum Gasteiger partial charge on any atom is 0.328 e. The van der Waals surface area contributed by atoms with Crippen LogP contribution in [-0.2, 0) is 4.79 Å². The Hall–Kier alpha value is -1.40. The number of rotatable bonds is 3. The molecule has 4 nitrogen and oxygen atoms in total. The van der Waals surface area contributed by atoms with E-state index in [-0.39, 0.29) is 0 Å². The largest absolute Gasteiger partial charge is 0.478 e. The van der Waals surface area contributed by atoms with Gasteiger partial charge in [-0.15, -0.1) is 11.3 Å². The lowest BCUT2D eigenvalue weighted by Gasteiger charge is -1.88. The third-order valence-corrected chi connectivity index (χ3v) is 3.47. The first kappa shape index (κ1) is 11.1. The molecule has 0 bridgehead atoms. The highest BCUT2D eigenvalue weighted by Gasteiger charge is 2.04. The molecule has 2 rings (SSSR count). The SMILES string of the molecule is O=C(O)/C=C/c1ncc(-c2ccc(Br)s2)[nH]1. The average molecular weight is 299 g/mol. The number of aliphatic carboxylic acids is 1. The van der Waals surface area contributed by atoms with Crippen LogP contribution in [0.2, 0.25) is 0 Å². The van der Waals surface area contributed by atoms with E-state index >= 15 is 0 Å². The highest BCUT2D eigenvalue weighted by atomic mass is 79.9. The average Bonchev–Trinajstić information content (AvgIpc) is 2.83. The molecular formula is C10H7BrN2O2S. The van der Waals surface area contributed by atoms with E-state index in [9.17, 15) is 4.79 Å². The first-order valence-electron chi connectivity index (χ1n) is 4.37. The van der Waals surface area contributed by atoms with Gasteiger partial charge >= 0.3 is 5.97 Å². The van der Waals surface area contributed by atoms with Crippen LogP contribution in [0.15, 0.2) is 28.2 Å². The Kier molecular flexibility index (Phi) is 3.21. The summed E-state index contributed by atoms with van der Waals surface area (Å²) in [6.45, 7) is 0. The third kappa shape index (κ3) is 2.59. The van der Waals surface area contributed by atoms with Gasteiger partial charge in [0.15, 0.2) is 0 Å². The van der Waals surface area contributed by atoms with Crippen molar-refractivity contribution in [3.05, 3.63) is 34.0 Å². The number of halogens is 1. The van der Waals surface area contributed by atoms with Crippen LogP contribution < -0.4 is 0 Å². The minimum Gasteiger partial charge on any atom is -0.478 e. The summed E-state index contributed by atoms with van der Waals surface area (Å²) >= 11 is 4.96. The summed E-state index contributed by atoms with van der Waals surface area (Å²) in [6.07, 6.45) is 4.15. The Morgan fingerprint density at radius 3 is 3.00 bits per heavy atom. The van der Waals surface area contributed by atoms with Crippen LogP contribution in [-0.4, -0.2) is 21.0 Å². The maximum atomic E-state index is 10.3.